The summed E-state index contributed by atoms with van der Waals surface area (Å²) in [4.78, 5) is 14.5. The molecule has 1 fully saturated rings. The highest BCUT2D eigenvalue weighted by atomic mass is 32.2. The molecule has 1 amide bonds. The van der Waals surface area contributed by atoms with Crippen LogP contribution in [0.1, 0.15) is 29.8 Å². The maximum Gasteiger partial charge on any atom is 0.261 e. The van der Waals surface area contributed by atoms with Crippen molar-refractivity contribution in [3.63, 3.8) is 0 Å². The minimum Gasteiger partial charge on any atom is -0.372 e. The summed E-state index contributed by atoms with van der Waals surface area (Å²) in [5, 5.41) is 0. The van der Waals surface area contributed by atoms with Gasteiger partial charge in [-0.15, -0.1) is 0 Å². The van der Waals surface area contributed by atoms with E-state index in [-0.39, 0.29) is 23.0 Å². The van der Waals surface area contributed by atoms with Crippen molar-refractivity contribution in [3.05, 3.63) is 59.7 Å². The molecular formula is C20H24N2O4S. The second kappa shape index (κ2) is 7.70. The molecule has 27 heavy (non-hydrogen) atoms. The summed E-state index contributed by atoms with van der Waals surface area (Å²) in [6.07, 6.45) is -0.0351. The number of nitrogens with zero attached hydrogens (tertiary/aromatic N) is 1. The number of anilines is 1. The molecule has 0 saturated carbocycles. The van der Waals surface area contributed by atoms with Crippen LogP contribution >= 0.6 is 0 Å². The first-order valence-corrected chi connectivity index (χ1v) is 10.4. The van der Waals surface area contributed by atoms with Crippen LogP contribution in [0, 0.1) is 6.92 Å². The fraction of sp³-hybridized carbons (Fsp3) is 0.350. The number of benzene rings is 2. The van der Waals surface area contributed by atoms with Gasteiger partial charge in [-0.05, 0) is 57.2 Å². The predicted octanol–water partition coefficient (Wildman–Crippen LogP) is 3.05. The third kappa shape index (κ3) is 4.67. The lowest BCUT2D eigenvalue weighted by Crippen LogP contribution is -2.48. The van der Waals surface area contributed by atoms with Gasteiger partial charge in [-0.25, -0.2) is 8.42 Å². The first-order chi connectivity index (χ1) is 12.7. The second-order valence-electron chi connectivity index (χ2n) is 6.96. The fourth-order valence-electron chi connectivity index (χ4n) is 3.14. The van der Waals surface area contributed by atoms with E-state index in [9.17, 15) is 13.2 Å². The number of hydrogen-bond donors (Lipinski definition) is 1. The summed E-state index contributed by atoms with van der Waals surface area (Å²) in [5.74, 6) is -0.118. The fourth-order valence-corrected chi connectivity index (χ4v) is 4.20. The molecule has 1 heterocycles. The SMILES string of the molecule is Cc1ccc(NS(=O)(=O)c2ccc(C(=O)N3C[C@@H](C)O[C@@H](C)C3)cc2)cc1. The Labute approximate surface area is 160 Å². The lowest BCUT2D eigenvalue weighted by molar-refractivity contribution is -0.0586. The molecule has 2 atom stereocenters. The molecule has 1 saturated heterocycles. The van der Waals surface area contributed by atoms with E-state index in [0.717, 1.165) is 5.56 Å². The topological polar surface area (TPSA) is 75.7 Å². The van der Waals surface area contributed by atoms with E-state index in [1.807, 2.05) is 32.9 Å². The van der Waals surface area contributed by atoms with Gasteiger partial charge < -0.3 is 9.64 Å². The van der Waals surface area contributed by atoms with Crippen molar-refractivity contribution >= 4 is 21.6 Å². The van der Waals surface area contributed by atoms with Crippen molar-refractivity contribution in [2.75, 3.05) is 17.8 Å². The molecule has 6 nitrogen and oxygen atoms in total. The number of morpholine rings is 1. The Morgan fingerprint density at radius 2 is 1.56 bits per heavy atom. The molecule has 0 spiro atoms. The van der Waals surface area contributed by atoms with Crippen LogP contribution in [0.5, 0.6) is 0 Å². The van der Waals surface area contributed by atoms with Crippen LogP contribution in [0.3, 0.4) is 0 Å². The Morgan fingerprint density at radius 3 is 2.11 bits per heavy atom. The van der Waals surface area contributed by atoms with E-state index in [2.05, 4.69) is 4.72 Å². The molecule has 1 aliphatic rings. The molecule has 0 aromatic heterocycles. The standard InChI is InChI=1S/C20H24N2O4S/c1-14-4-8-18(9-5-14)21-27(24,25)19-10-6-17(7-11-19)20(23)22-12-15(2)26-16(3)13-22/h4-11,15-16,21H,12-13H2,1-3H3/t15-,16+. The molecular weight excluding hydrogens is 364 g/mol. The summed E-state index contributed by atoms with van der Waals surface area (Å²) < 4.78 is 33.3. The molecule has 144 valence electrons. The van der Waals surface area contributed by atoms with Gasteiger partial charge in [0.1, 0.15) is 0 Å². The van der Waals surface area contributed by atoms with E-state index >= 15 is 0 Å². The molecule has 7 heteroatoms. The maximum absolute atomic E-state index is 12.7. The Morgan fingerprint density at radius 1 is 1.00 bits per heavy atom. The molecule has 0 radical (unpaired) electrons. The number of ether oxygens (including phenoxy) is 1. The summed E-state index contributed by atoms with van der Waals surface area (Å²) in [5.41, 5.74) is 2.01. The number of amides is 1. The lowest BCUT2D eigenvalue weighted by atomic mass is 10.1. The first-order valence-electron chi connectivity index (χ1n) is 8.89. The maximum atomic E-state index is 12.7. The van der Waals surface area contributed by atoms with Crippen LogP contribution in [0.25, 0.3) is 0 Å². The highest BCUT2D eigenvalue weighted by molar-refractivity contribution is 7.92. The van der Waals surface area contributed by atoms with Gasteiger partial charge in [-0.3, -0.25) is 9.52 Å². The Kier molecular flexibility index (Phi) is 5.53. The highest BCUT2D eigenvalue weighted by Gasteiger charge is 2.26. The second-order valence-corrected chi connectivity index (χ2v) is 8.65. The van der Waals surface area contributed by atoms with Crippen LogP contribution in [0.2, 0.25) is 0 Å². The third-order valence-electron chi connectivity index (χ3n) is 4.42. The average Bonchev–Trinajstić information content (AvgIpc) is 2.62. The van der Waals surface area contributed by atoms with Gasteiger partial charge >= 0.3 is 0 Å². The summed E-state index contributed by atoms with van der Waals surface area (Å²) >= 11 is 0. The largest absolute Gasteiger partial charge is 0.372 e. The minimum absolute atomic E-state index is 0.0175. The predicted molar refractivity (Wildman–Crippen MR) is 104 cm³/mol. The molecule has 1 aliphatic heterocycles. The van der Waals surface area contributed by atoms with Crippen LogP contribution in [0.15, 0.2) is 53.4 Å². The number of aryl methyl sites for hydroxylation is 1. The van der Waals surface area contributed by atoms with Gasteiger partial charge in [0, 0.05) is 24.3 Å². The lowest BCUT2D eigenvalue weighted by Gasteiger charge is -2.35. The molecule has 0 bridgehead atoms. The zero-order chi connectivity index (χ0) is 19.6. The summed E-state index contributed by atoms with van der Waals surface area (Å²) in [7, 11) is -3.71. The van der Waals surface area contributed by atoms with Crippen LogP contribution in [-0.2, 0) is 14.8 Å². The quantitative estimate of drug-likeness (QED) is 0.873. The van der Waals surface area contributed by atoms with E-state index in [1.165, 1.54) is 12.1 Å². The van der Waals surface area contributed by atoms with Crippen molar-refractivity contribution in [2.24, 2.45) is 0 Å². The monoisotopic (exact) mass is 388 g/mol. The number of sulfonamides is 1. The number of carbonyl (C=O) groups excluding carboxylic acids is 1. The number of rotatable bonds is 4. The van der Waals surface area contributed by atoms with Crippen LogP contribution < -0.4 is 4.72 Å². The van der Waals surface area contributed by atoms with E-state index in [4.69, 9.17) is 4.74 Å². The van der Waals surface area contributed by atoms with Crippen LogP contribution in [0.4, 0.5) is 5.69 Å². The van der Waals surface area contributed by atoms with Crippen molar-refractivity contribution in [1.82, 2.24) is 4.90 Å². The Bertz CT molecular complexity index is 898. The number of carbonyl (C=O) groups is 1. The Balaban J connectivity index is 1.74. The van der Waals surface area contributed by atoms with Crippen molar-refractivity contribution < 1.29 is 17.9 Å². The van der Waals surface area contributed by atoms with Crippen molar-refractivity contribution in [1.29, 1.82) is 0 Å². The number of nitrogens with one attached hydrogen (secondary N) is 1. The van der Waals surface area contributed by atoms with Crippen molar-refractivity contribution in [2.45, 2.75) is 37.9 Å². The van der Waals surface area contributed by atoms with E-state index in [1.54, 1.807) is 29.2 Å². The summed E-state index contributed by atoms with van der Waals surface area (Å²) in [6.45, 7) is 6.85. The molecule has 0 aliphatic carbocycles. The molecule has 1 N–H and O–H groups in total. The zero-order valence-corrected chi connectivity index (χ0v) is 16.5. The van der Waals surface area contributed by atoms with Gasteiger partial charge in [-0.1, -0.05) is 17.7 Å². The van der Waals surface area contributed by atoms with Crippen molar-refractivity contribution in [3.8, 4) is 0 Å². The molecule has 2 aromatic carbocycles. The summed E-state index contributed by atoms with van der Waals surface area (Å²) in [6, 6.07) is 13.1. The first kappa shape index (κ1) is 19.4. The average molecular weight is 388 g/mol. The number of hydrogen-bond acceptors (Lipinski definition) is 4. The zero-order valence-electron chi connectivity index (χ0n) is 15.7. The normalized spacial score (nSPS) is 20.3. The van der Waals surface area contributed by atoms with E-state index < -0.39 is 10.0 Å². The Hall–Kier alpha value is -2.38. The van der Waals surface area contributed by atoms with Gasteiger partial charge in [0.2, 0.25) is 0 Å². The highest BCUT2D eigenvalue weighted by Crippen LogP contribution is 2.19. The van der Waals surface area contributed by atoms with Crippen LogP contribution in [-0.4, -0.2) is 44.5 Å². The van der Waals surface area contributed by atoms with Gasteiger partial charge in [0.05, 0.1) is 17.1 Å². The third-order valence-corrected chi connectivity index (χ3v) is 5.82. The molecule has 2 aromatic rings. The smallest absolute Gasteiger partial charge is 0.261 e. The van der Waals surface area contributed by atoms with E-state index in [0.29, 0.717) is 24.3 Å². The van der Waals surface area contributed by atoms with Gasteiger partial charge in [0.25, 0.3) is 15.9 Å². The molecule has 0 unspecified atom stereocenters. The van der Waals surface area contributed by atoms with Gasteiger partial charge in [-0.2, -0.15) is 0 Å². The van der Waals surface area contributed by atoms with Gasteiger partial charge in [0.15, 0.2) is 0 Å². The molecule has 3 rings (SSSR count). The minimum atomic E-state index is -3.71.